The molecule has 0 atom stereocenters. The molecule has 0 radical (unpaired) electrons. The Morgan fingerprint density at radius 2 is 2.17 bits per heavy atom. The quantitative estimate of drug-likeness (QED) is 0.553. The molecule has 0 spiro atoms. The third kappa shape index (κ3) is 2.80. The van der Waals surface area contributed by atoms with Gasteiger partial charge in [-0.1, -0.05) is 17.7 Å². The van der Waals surface area contributed by atoms with Crippen LogP contribution < -0.4 is 5.32 Å². The third-order valence-electron chi connectivity index (χ3n) is 4.12. The Kier molecular flexibility index (Phi) is 3.50. The van der Waals surface area contributed by atoms with Crippen LogP contribution in [0.5, 0.6) is 0 Å². The van der Waals surface area contributed by atoms with Gasteiger partial charge in [-0.2, -0.15) is 0 Å². The summed E-state index contributed by atoms with van der Waals surface area (Å²) in [6, 6.07) is 6.06. The number of pyridine rings is 2. The van der Waals surface area contributed by atoms with E-state index in [1.165, 1.54) is 24.6 Å². The molecule has 1 aliphatic carbocycles. The molecule has 1 saturated carbocycles. The first-order valence-electron chi connectivity index (χ1n) is 7.61. The van der Waals surface area contributed by atoms with Crippen molar-refractivity contribution in [1.29, 1.82) is 5.41 Å². The molecule has 0 unspecified atom stereocenters. The van der Waals surface area contributed by atoms with Gasteiger partial charge >= 0.3 is 0 Å². The first-order valence-corrected chi connectivity index (χ1v) is 7.99. The summed E-state index contributed by atoms with van der Waals surface area (Å²) in [6.45, 7) is 0.571. The fourth-order valence-corrected chi connectivity index (χ4v) is 2.94. The maximum Gasteiger partial charge on any atom is 0.139 e. The molecule has 6 heteroatoms. The van der Waals surface area contributed by atoms with Crippen LogP contribution in [0.15, 0.2) is 36.8 Å². The fraction of sp³-hybridized carbons (Fsp3) is 0.235. The molecule has 0 amide bonds. The number of halogens is 1. The van der Waals surface area contributed by atoms with Gasteiger partial charge in [0.2, 0.25) is 0 Å². The summed E-state index contributed by atoms with van der Waals surface area (Å²) in [5, 5.41) is 11.1. The number of aromatic nitrogens is 3. The van der Waals surface area contributed by atoms with Crippen molar-refractivity contribution in [2.75, 3.05) is 5.32 Å². The van der Waals surface area contributed by atoms with Crippen LogP contribution in [0.25, 0.3) is 5.65 Å². The summed E-state index contributed by atoms with van der Waals surface area (Å²) in [6.07, 6.45) is 9.65. The number of fused-ring (bicyclic) bond motifs is 1. The zero-order valence-corrected chi connectivity index (χ0v) is 13.2. The van der Waals surface area contributed by atoms with E-state index in [1.807, 2.05) is 12.3 Å². The van der Waals surface area contributed by atoms with E-state index in [1.54, 1.807) is 6.20 Å². The van der Waals surface area contributed by atoms with Gasteiger partial charge < -0.3 is 15.1 Å². The van der Waals surface area contributed by atoms with Crippen molar-refractivity contribution < 1.29 is 0 Å². The molecular weight excluding hydrogens is 310 g/mol. The highest BCUT2D eigenvalue weighted by Crippen LogP contribution is 2.39. The van der Waals surface area contributed by atoms with E-state index in [4.69, 9.17) is 17.0 Å². The fourth-order valence-electron chi connectivity index (χ4n) is 2.73. The molecule has 5 nitrogen and oxygen atoms in total. The van der Waals surface area contributed by atoms with Crippen molar-refractivity contribution in [1.82, 2.24) is 14.4 Å². The molecule has 0 saturated heterocycles. The van der Waals surface area contributed by atoms with Gasteiger partial charge in [0.25, 0.3) is 0 Å². The van der Waals surface area contributed by atoms with Crippen molar-refractivity contribution in [3.8, 4) is 0 Å². The smallest absolute Gasteiger partial charge is 0.139 e. The number of hydrogen-bond donors (Lipinski definition) is 2. The van der Waals surface area contributed by atoms with Gasteiger partial charge in [-0.15, -0.1) is 0 Å². The monoisotopic (exact) mass is 325 g/mol. The maximum atomic E-state index is 7.46. The molecule has 0 aliphatic heterocycles. The van der Waals surface area contributed by atoms with E-state index in [9.17, 15) is 0 Å². The van der Waals surface area contributed by atoms with Crippen molar-refractivity contribution in [3.63, 3.8) is 0 Å². The Hall–Kier alpha value is -2.40. The van der Waals surface area contributed by atoms with Gasteiger partial charge in [0.1, 0.15) is 10.8 Å². The summed E-state index contributed by atoms with van der Waals surface area (Å²) in [5.74, 6) is 0.734. The average molecular weight is 326 g/mol. The van der Waals surface area contributed by atoms with Crippen LogP contribution in [0.4, 0.5) is 5.69 Å². The van der Waals surface area contributed by atoms with Gasteiger partial charge in [-0.25, -0.2) is 9.97 Å². The third-order valence-corrected chi connectivity index (χ3v) is 4.42. The van der Waals surface area contributed by atoms with Crippen molar-refractivity contribution >= 4 is 29.2 Å². The summed E-state index contributed by atoms with van der Waals surface area (Å²) in [4.78, 5) is 8.61. The van der Waals surface area contributed by atoms with Crippen molar-refractivity contribution in [2.45, 2.75) is 25.3 Å². The summed E-state index contributed by atoms with van der Waals surface area (Å²) >= 11 is 6.01. The standard InChI is InChI=1S/C17H16ClN5/c18-17-14(7-19)15(5-6-20-17)21-8-13-10-23-9-12(11-1-2-11)3-4-16(23)22-13/h3-7,9-11,19H,1-2,8H2,(H,20,21). The lowest BCUT2D eigenvalue weighted by molar-refractivity contribution is 1.05. The lowest BCUT2D eigenvalue weighted by atomic mass is 10.2. The van der Waals surface area contributed by atoms with Crippen molar-refractivity contribution in [3.05, 3.63) is 58.8 Å². The normalized spacial score (nSPS) is 14.1. The number of nitrogens with one attached hydrogen (secondary N) is 2. The summed E-state index contributed by atoms with van der Waals surface area (Å²) < 4.78 is 2.09. The highest BCUT2D eigenvalue weighted by atomic mass is 35.5. The van der Waals surface area contributed by atoms with Crippen molar-refractivity contribution in [2.24, 2.45) is 0 Å². The number of nitrogens with zero attached hydrogens (tertiary/aromatic N) is 3. The number of anilines is 1. The van der Waals surface area contributed by atoms with Crippen LogP contribution in [-0.4, -0.2) is 20.6 Å². The van der Waals surface area contributed by atoms with Crippen LogP contribution in [0.1, 0.15) is 35.6 Å². The first kappa shape index (κ1) is 14.2. The van der Waals surface area contributed by atoms with Gasteiger partial charge in [-0.05, 0) is 36.5 Å². The Balaban J connectivity index is 1.56. The van der Waals surface area contributed by atoms with E-state index in [0.29, 0.717) is 17.3 Å². The lowest BCUT2D eigenvalue weighted by Gasteiger charge is -2.08. The minimum atomic E-state index is 0.328. The van der Waals surface area contributed by atoms with Crippen LogP contribution in [-0.2, 0) is 6.54 Å². The second-order valence-electron chi connectivity index (χ2n) is 5.80. The van der Waals surface area contributed by atoms with E-state index in [2.05, 4.69) is 38.0 Å². The molecule has 4 rings (SSSR count). The van der Waals surface area contributed by atoms with E-state index in [0.717, 1.165) is 22.9 Å². The van der Waals surface area contributed by atoms with Gasteiger partial charge in [0.15, 0.2) is 0 Å². The van der Waals surface area contributed by atoms with Crippen LogP contribution in [0, 0.1) is 5.41 Å². The highest BCUT2D eigenvalue weighted by Gasteiger charge is 2.23. The second kappa shape index (κ2) is 5.66. The Labute approximate surface area is 138 Å². The highest BCUT2D eigenvalue weighted by molar-refractivity contribution is 6.32. The predicted octanol–water partition coefficient (Wildman–Crippen LogP) is 3.87. The molecule has 2 N–H and O–H groups in total. The van der Waals surface area contributed by atoms with E-state index < -0.39 is 0 Å². The molecule has 3 aromatic rings. The van der Waals surface area contributed by atoms with E-state index >= 15 is 0 Å². The number of rotatable bonds is 5. The minimum Gasteiger partial charge on any atom is -0.379 e. The van der Waals surface area contributed by atoms with Crippen LogP contribution in [0.3, 0.4) is 0 Å². The number of imidazole rings is 1. The molecule has 1 aliphatic rings. The first-order chi connectivity index (χ1) is 11.2. The zero-order chi connectivity index (χ0) is 15.8. The minimum absolute atomic E-state index is 0.328. The summed E-state index contributed by atoms with van der Waals surface area (Å²) in [5.41, 5.74) is 4.67. The SMILES string of the molecule is N=Cc1c(NCc2cn3cc(C4CC4)ccc3n2)ccnc1Cl. The lowest BCUT2D eigenvalue weighted by Crippen LogP contribution is -2.03. The van der Waals surface area contributed by atoms with Gasteiger partial charge in [0, 0.05) is 30.5 Å². The molecule has 116 valence electrons. The Morgan fingerprint density at radius 1 is 1.30 bits per heavy atom. The largest absolute Gasteiger partial charge is 0.379 e. The molecular formula is C17H16ClN5. The molecule has 3 aromatic heterocycles. The molecule has 23 heavy (non-hydrogen) atoms. The second-order valence-corrected chi connectivity index (χ2v) is 6.15. The van der Waals surface area contributed by atoms with Crippen LogP contribution in [0.2, 0.25) is 5.15 Å². The maximum absolute atomic E-state index is 7.46. The van der Waals surface area contributed by atoms with Gasteiger partial charge in [-0.3, -0.25) is 0 Å². The molecule has 1 fully saturated rings. The molecule has 0 aromatic carbocycles. The predicted molar refractivity (Wildman–Crippen MR) is 91.6 cm³/mol. The average Bonchev–Trinajstić information content (AvgIpc) is 3.32. The molecule has 0 bridgehead atoms. The molecule has 3 heterocycles. The van der Waals surface area contributed by atoms with Gasteiger partial charge in [0.05, 0.1) is 17.8 Å². The zero-order valence-electron chi connectivity index (χ0n) is 12.5. The number of hydrogen-bond acceptors (Lipinski definition) is 4. The van der Waals surface area contributed by atoms with E-state index in [-0.39, 0.29) is 0 Å². The summed E-state index contributed by atoms with van der Waals surface area (Å²) in [7, 11) is 0. The Bertz CT molecular complexity index is 882. The topological polar surface area (TPSA) is 66.1 Å². The Morgan fingerprint density at radius 3 is 2.96 bits per heavy atom. The van der Waals surface area contributed by atoms with Crippen LogP contribution >= 0.6 is 11.6 Å².